The number of para-hydroxylation sites is 1. The zero-order chi connectivity index (χ0) is 32.9. The summed E-state index contributed by atoms with van der Waals surface area (Å²) in [6.45, 7) is 7.58. The molecule has 4 aliphatic carbocycles. The number of ether oxygens (including phenoxy) is 1. The van der Waals surface area contributed by atoms with E-state index in [1.54, 1.807) is 0 Å². The van der Waals surface area contributed by atoms with Gasteiger partial charge < -0.3 is 14.5 Å². The van der Waals surface area contributed by atoms with Crippen LogP contribution in [-0.4, -0.2) is 26.7 Å². The van der Waals surface area contributed by atoms with Gasteiger partial charge in [-0.2, -0.15) is 0 Å². The molecule has 49 heavy (non-hydrogen) atoms. The van der Waals surface area contributed by atoms with Crippen LogP contribution in [0.1, 0.15) is 64.9 Å². The molecule has 0 spiro atoms. The van der Waals surface area contributed by atoms with E-state index in [1.165, 1.54) is 60.5 Å². The highest BCUT2D eigenvalue weighted by atomic mass is 16.5. The second kappa shape index (κ2) is 10.6. The average molecular weight is 646 g/mol. The zero-order valence-electron chi connectivity index (χ0n) is 28.6. The van der Waals surface area contributed by atoms with Crippen molar-refractivity contribution in [3.05, 3.63) is 109 Å². The maximum atomic E-state index is 6.67. The van der Waals surface area contributed by atoms with Crippen LogP contribution in [0, 0.1) is 17.8 Å². The molecule has 3 aromatic carbocycles. The van der Waals surface area contributed by atoms with E-state index < -0.39 is 0 Å². The number of aromatic nitrogens is 3. The molecule has 0 amide bonds. The van der Waals surface area contributed by atoms with Crippen molar-refractivity contribution in [1.29, 1.82) is 0 Å². The standard InChI is InChI=1S/C43H43N5O/c1-42(2,3)31-15-17-44-40(21-31)48-37-11-5-4-10-35(37)36-14-13-34(23-39(36)48)49-33-9-6-8-32(22-33)46-27-47(38-12-7-16-45-41(38)46)43-24-28-18-29(25-43)20-30(19-28)26-43/h4-17,21-23,28-30H,18-20,24-27H2,1-3H3. The van der Waals surface area contributed by atoms with Gasteiger partial charge in [-0.25, -0.2) is 9.97 Å². The third-order valence-electron chi connectivity index (χ3n) is 12.0. The van der Waals surface area contributed by atoms with Crippen LogP contribution in [0.2, 0.25) is 0 Å². The lowest BCUT2D eigenvalue weighted by Crippen LogP contribution is -2.60. The Morgan fingerprint density at radius 2 is 1.45 bits per heavy atom. The molecule has 5 aliphatic rings. The molecule has 0 N–H and O–H groups in total. The molecular formula is C43H43N5O. The fourth-order valence-corrected chi connectivity index (χ4v) is 10.2. The number of hydrogen-bond acceptors (Lipinski definition) is 5. The smallest absolute Gasteiger partial charge is 0.158 e. The number of pyridine rings is 2. The topological polar surface area (TPSA) is 46.4 Å². The predicted octanol–water partition coefficient (Wildman–Crippen LogP) is 10.5. The summed E-state index contributed by atoms with van der Waals surface area (Å²) >= 11 is 0. The largest absolute Gasteiger partial charge is 0.457 e. The maximum Gasteiger partial charge on any atom is 0.158 e. The monoisotopic (exact) mass is 645 g/mol. The average Bonchev–Trinajstić information content (AvgIpc) is 3.64. The highest BCUT2D eigenvalue weighted by Gasteiger charge is 2.55. The molecule has 0 unspecified atom stereocenters. The normalized spacial score (nSPS) is 24.3. The molecule has 6 aromatic rings. The van der Waals surface area contributed by atoms with E-state index in [9.17, 15) is 0 Å². The Labute approximate surface area is 288 Å². The van der Waals surface area contributed by atoms with Gasteiger partial charge in [0.05, 0.1) is 23.4 Å². The van der Waals surface area contributed by atoms with E-state index in [2.05, 4.69) is 126 Å². The van der Waals surface area contributed by atoms with E-state index in [-0.39, 0.29) is 11.0 Å². The summed E-state index contributed by atoms with van der Waals surface area (Å²) in [4.78, 5) is 15.0. The Balaban J connectivity index is 0.997. The summed E-state index contributed by atoms with van der Waals surface area (Å²) < 4.78 is 8.95. The summed E-state index contributed by atoms with van der Waals surface area (Å²) in [7, 11) is 0. The van der Waals surface area contributed by atoms with E-state index in [4.69, 9.17) is 14.7 Å². The molecule has 3 aromatic heterocycles. The lowest BCUT2D eigenvalue weighted by Gasteiger charge is -2.60. The van der Waals surface area contributed by atoms with Crippen LogP contribution in [0.15, 0.2) is 103 Å². The van der Waals surface area contributed by atoms with Crippen LogP contribution >= 0.6 is 0 Å². The molecule has 4 fully saturated rings. The van der Waals surface area contributed by atoms with Gasteiger partial charge in [0, 0.05) is 46.5 Å². The minimum absolute atomic E-state index is 0.0212. The minimum atomic E-state index is 0.0212. The van der Waals surface area contributed by atoms with E-state index in [0.717, 1.165) is 64.3 Å². The van der Waals surface area contributed by atoms with Gasteiger partial charge in [0.25, 0.3) is 0 Å². The maximum absolute atomic E-state index is 6.67. The Morgan fingerprint density at radius 1 is 0.694 bits per heavy atom. The van der Waals surface area contributed by atoms with Gasteiger partial charge >= 0.3 is 0 Å². The first kappa shape index (κ1) is 29.1. The van der Waals surface area contributed by atoms with Gasteiger partial charge in [0.15, 0.2) is 5.82 Å². The van der Waals surface area contributed by atoms with Crippen molar-refractivity contribution in [2.24, 2.45) is 17.8 Å². The molecule has 0 saturated heterocycles. The molecule has 4 heterocycles. The first-order chi connectivity index (χ1) is 23.8. The zero-order valence-corrected chi connectivity index (χ0v) is 28.6. The van der Waals surface area contributed by atoms with Gasteiger partial charge in [-0.3, -0.25) is 4.57 Å². The Morgan fingerprint density at radius 3 is 2.24 bits per heavy atom. The summed E-state index contributed by atoms with van der Waals surface area (Å²) in [5, 5.41) is 2.39. The van der Waals surface area contributed by atoms with Crippen molar-refractivity contribution in [2.75, 3.05) is 16.5 Å². The van der Waals surface area contributed by atoms with Crippen molar-refractivity contribution in [1.82, 2.24) is 14.5 Å². The Bertz CT molecular complexity index is 2210. The molecular weight excluding hydrogens is 603 g/mol. The lowest BCUT2D eigenvalue weighted by atomic mass is 9.52. The lowest BCUT2D eigenvalue weighted by molar-refractivity contribution is -0.00339. The third-order valence-corrected chi connectivity index (χ3v) is 12.0. The van der Waals surface area contributed by atoms with Crippen LogP contribution in [0.25, 0.3) is 27.6 Å². The van der Waals surface area contributed by atoms with E-state index in [1.807, 2.05) is 12.4 Å². The fourth-order valence-electron chi connectivity index (χ4n) is 10.2. The Kier molecular flexibility index (Phi) is 6.28. The summed E-state index contributed by atoms with van der Waals surface area (Å²) in [6, 6.07) is 32.3. The first-order valence-corrected chi connectivity index (χ1v) is 18.1. The molecule has 11 rings (SSSR count). The van der Waals surface area contributed by atoms with Crippen molar-refractivity contribution >= 4 is 39.0 Å². The van der Waals surface area contributed by atoms with Crippen molar-refractivity contribution in [2.45, 2.75) is 70.3 Å². The predicted molar refractivity (Wildman–Crippen MR) is 198 cm³/mol. The quantitative estimate of drug-likeness (QED) is 0.187. The number of fused-ring (bicyclic) bond motifs is 4. The summed E-state index contributed by atoms with van der Waals surface area (Å²) in [5.41, 5.74) is 6.17. The number of nitrogens with zero attached hydrogens (tertiary/aromatic N) is 5. The van der Waals surface area contributed by atoms with Crippen molar-refractivity contribution in [3.63, 3.8) is 0 Å². The molecule has 246 valence electrons. The molecule has 1 aliphatic heterocycles. The molecule has 0 atom stereocenters. The minimum Gasteiger partial charge on any atom is -0.457 e. The number of hydrogen-bond donors (Lipinski definition) is 0. The summed E-state index contributed by atoms with van der Waals surface area (Å²) in [6.07, 6.45) is 12.2. The van der Waals surface area contributed by atoms with Crippen LogP contribution < -0.4 is 14.5 Å². The van der Waals surface area contributed by atoms with Gasteiger partial charge in [0.2, 0.25) is 0 Å². The molecule has 6 nitrogen and oxygen atoms in total. The molecule has 4 bridgehead atoms. The van der Waals surface area contributed by atoms with E-state index in [0.29, 0.717) is 0 Å². The SMILES string of the molecule is CC(C)(C)c1ccnc(-n2c3ccccc3c3ccc(Oc4cccc(N5CN(C67CC8CC(CC(C8)C6)C7)c6cccnc65)c4)cc32)c1. The highest BCUT2D eigenvalue weighted by Crippen LogP contribution is 2.60. The highest BCUT2D eigenvalue weighted by molar-refractivity contribution is 6.09. The van der Waals surface area contributed by atoms with Gasteiger partial charge in [0.1, 0.15) is 17.3 Å². The van der Waals surface area contributed by atoms with Gasteiger partial charge in [-0.05, 0) is 122 Å². The second-order valence-corrected chi connectivity index (χ2v) is 16.3. The molecule has 4 saturated carbocycles. The molecule has 0 radical (unpaired) electrons. The van der Waals surface area contributed by atoms with E-state index >= 15 is 0 Å². The van der Waals surface area contributed by atoms with Crippen molar-refractivity contribution in [3.8, 4) is 17.3 Å². The van der Waals surface area contributed by atoms with Crippen molar-refractivity contribution < 1.29 is 4.74 Å². The number of anilines is 3. The third kappa shape index (κ3) is 4.67. The van der Waals surface area contributed by atoms with Gasteiger partial charge in [-0.1, -0.05) is 45.0 Å². The van der Waals surface area contributed by atoms with Crippen LogP contribution in [0.3, 0.4) is 0 Å². The van der Waals surface area contributed by atoms with Crippen LogP contribution in [0.5, 0.6) is 11.5 Å². The number of benzene rings is 3. The summed E-state index contributed by atoms with van der Waals surface area (Å²) in [5.74, 6) is 6.28. The molecule has 6 heteroatoms. The number of rotatable bonds is 5. The second-order valence-electron chi connectivity index (χ2n) is 16.3. The fraction of sp³-hybridized carbons (Fsp3) is 0.349. The first-order valence-electron chi connectivity index (χ1n) is 18.1. The van der Waals surface area contributed by atoms with Crippen LogP contribution in [-0.2, 0) is 5.41 Å². The van der Waals surface area contributed by atoms with Gasteiger partial charge in [-0.15, -0.1) is 0 Å². The Hall–Kier alpha value is -4.84. The van der Waals surface area contributed by atoms with Crippen LogP contribution in [0.4, 0.5) is 17.2 Å².